The Kier molecular flexibility index (Phi) is 3.97. The van der Waals surface area contributed by atoms with E-state index in [0.29, 0.717) is 6.04 Å². The van der Waals surface area contributed by atoms with Crippen molar-refractivity contribution in [2.75, 3.05) is 19.6 Å². The van der Waals surface area contributed by atoms with Crippen molar-refractivity contribution in [2.45, 2.75) is 58.2 Å². The monoisotopic (exact) mass is 253 g/mol. The van der Waals surface area contributed by atoms with Crippen molar-refractivity contribution in [1.29, 1.82) is 0 Å². The van der Waals surface area contributed by atoms with Crippen LogP contribution in [0.4, 0.5) is 0 Å². The lowest BCUT2D eigenvalue weighted by Crippen LogP contribution is -2.54. The van der Waals surface area contributed by atoms with E-state index in [1.54, 1.807) is 0 Å². The van der Waals surface area contributed by atoms with Gasteiger partial charge in [0.2, 0.25) is 5.91 Å². The molecule has 0 aliphatic carbocycles. The smallest absolute Gasteiger partial charge is 0.237 e. The summed E-state index contributed by atoms with van der Waals surface area (Å²) in [5.74, 6) is 0.853. The number of rotatable bonds is 3. The average molecular weight is 253 g/mol. The van der Waals surface area contributed by atoms with E-state index < -0.39 is 0 Å². The van der Waals surface area contributed by atoms with Crippen LogP contribution in [-0.4, -0.2) is 48.1 Å². The molecule has 0 aromatic heterocycles. The normalized spacial score (nSPS) is 33.2. The Morgan fingerprint density at radius 2 is 1.94 bits per heavy atom. The molecule has 0 radical (unpaired) electrons. The molecule has 4 atom stereocenters. The van der Waals surface area contributed by atoms with Crippen molar-refractivity contribution in [3.8, 4) is 0 Å². The van der Waals surface area contributed by atoms with E-state index >= 15 is 0 Å². The van der Waals surface area contributed by atoms with Gasteiger partial charge in [-0.2, -0.15) is 0 Å². The molecule has 4 heteroatoms. The van der Waals surface area contributed by atoms with E-state index in [9.17, 15) is 4.79 Å². The second-order valence-corrected chi connectivity index (χ2v) is 6.87. The quantitative estimate of drug-likeness (QED) is 0.788. The van der Waals surface area contributed by atoms with Crippen molar-refractivity contribution in [3.63, 3.8) is 0 Å². The predicted molar refractivity (Wildman–Crippen MR) is 73.4 cm³/mol. The van der Waals surface area contributed by atoms with Gasteiger partial charge in [-0.1, -0.05) is 0 Å². The molecule has 0 aromatic carbocycles. The van der Waals surface area contributed by atoms with Gasteiger partial charge in [-0.15, -0.1) is 0 Å². The molecule has 0 saturated carbocycles. The van der Waals surface area contributed by atoms with Gasteiger partial charge in [-0.3, -0.25) is 4.79 Å². The third-order valence-electron chi connectivity index (χ3n) is 3.99. The van der Waals surface area contributed by atoms with Crippen molar-refractivity contribution in [1.82, 2.24) is 15.5 Å². The molecule has 4 unspecified atom stereocenters. The van der Waals surface area contributed by atoms with Crippen molar-refractivity contribution in [3.05, 3.63) is 0 Å². The minimum absolute atomic E-state index is 0.0959. The van der Waals surface area contributed by atoms with Gasteiger partial charge in [0.05, 0.1) is 6.04 Å². The summed E-state index contributed by atoms with van der Waals surface area (Å²) < 4.78 is 0. The summed E-state index contributed by atoms with van der Waals surface area (Å²) in [5.41, 5.74) is -0.149. The van der Waals surface area contributed by atoms with E-state index in [-0.39, 0.29) is 17.5 Å². The zero-order chi connectivity index (χ0) is 13.3. The fourth-order valence-corrected chi connectivity index (χ4v) is 3.05. The molecule has 18 heavy (non-hydrogen) atoms. The minimum Gasteiger partial charge on any atom is -0.350 e. The van der Waals surface area contributed by atoms with Crippen molar-refractivity contribution < 1.29 is 4.79 Å². The number of nitrogens with zero attached hydrogens (tertiary/aromatic N) is 1. The van der Waals surface area contributed by atoms with Gasteiger partial charge in [-0.05, 0) is 59.5 Å². The third kappa shape index (κ3) is 3.45. The number of carbonyl (C=O) groups is 1. The maximum atomic E-state index is 12.1. The Hall–Kier alpha value is -0.610. The lowest BCUT2D eigenvalue weighted by molar-refractivity contribution is -0.124. The summed E-state index contributed by atoms with van der Waals surface area (Å²) in [7, 11) is 0. The van der Waals surface area contributed by atoms with E-state index in [1.807, 2.05) is 27.7 Å². The molecule has 1 amide bonds. The van der Waals surface area contributed by atoms with Crippen LogP contribution >= 0.6 is 0 Å². The summed E-state index contributed by atoms with van der Waals surface area (Å²) in [4.78, 5) is 14.6. The molecule has 2 rings (SSSR count). The van der Waals surface area contributed by atoms with Crippen LogP contribution < -0.4 is 10.6 Å². The zero-order valence-electron chi connectivity index (χ0n) is 12.1. The number of carbonyl (C=O) groups excluding carboxylic acids is 1. The molecule has 2 heterocycles. The van der Waals surface area contributed by atoms with Crippen LogP contribution in [0.15, 0.2) is 0 Å². The number of amides is 1. The molecule has 0 spiro atoms. The molecule has 2 N–H and O–H groups in total. The first-order chi connectivity index (χ1) is 8.35. The van der Waals surface area contributed by atoms with Crippen molar-refractivity contribution in [2.24, 2.45) is 5.92 Å². The summed E-state index contributed by atoms with van der Waals surface area (Å²) in [6, 6.07) is 0.422. The number of nitrogens with one attached hydrogen (secondary N) is 2. The number of hydrogen-bond acceptors (Lipinski definition) is 3. The molecule has 0 aromatic rings. The lowest BCUT2D eigenvalue weighted by atomic mass is 9.93. The van der Waals surface area contributed by atoms with E-state index in [4.69, 9.17) is 0 Å². The first-order valence-corrected chi connectivity index (χ1v) is 7.15. The van der Waals surface area contributed by atoms with Gasteiger partial charge in [0.25, 0.3) is 0 Å². The van der Waals surface area contributed by atoms with E-state index in [0.717, 1.165) is 5.92 Å². The topological polar surface area (TPSA) is 44.4 Å². The molecule has 2 aliphatic heterocycles. The summed E-state index contributed by atoms with van der Waals surface area (Å²) in [6.45, 7) is 11.7. The highest BCUT2D eigenvalue weighted by Crippen LogP contribution is 2.27. The highest BCUT2D eigenvalue weighted by atomic mass is 16.2. The molecule has 2 saturated heterocycles. The standard InChI is InChI=1S/C14H27N3O/c1-10(13(18)16-14(2,3)4)15-12-6-8-17-7-5-11(12)9-17/h10-12,15H,5-9H2,1-4H3,(H,16,18). The van der Waals surface area contributed by atoms with Crippen LogP contribution in [0.2, 0.25) is 0 Å². The SMILES string of the molecule is CC(NC1CCN2CCC1C2)C(=O)NC(C)(C)C. The van der Waals surface area contributed by atoms with Gasteiger partial charge in [-0.25, -0.2) is 0 Å². The Morgan fingerprint density at radius 3 is 2.61 bits per heavy atom. The van der Waals surface area contributed by atoms with Crippen LogP contribution in [0.25, 0.3) is 0 Å². The fraction of sp³-hybridized carbons (Fsp3) is 0.929. The predicted octanol–water partition coefficient (Wildman–Crippen LogP) is 0.973. The molecule has 4 nitrogen and oxygen atoms in total. The molecule has 2 fully saturated rings. The number of piperidine rings is 1. The van der Waals surface area contributed by atoms with Gasteiger partial charge in [0.15, 0.2) is 0 Å². The summed E-state index contributed by atoms with van der Waals surface area (Å²) >= 11 is 0. The first-order valence-electron chi connectivity index (χ1n) is 7.15. The van der Waals surface area contributed by atoms with E-state index in [1.165, 1.54) is 32.5 Å². The van der Waals surface area contributed by atoms with Crippen LogP contribution in [-0.2, 0) is 4.79 Å². The Balaban J connectivity index is 1.83. The lowest BCUT2D eigenvalue weighted by Gasteiger charge is -2.33. The number of fused-ring (bicyclic) bond motifs is 2. The summed E-state index contributed by atoms with van der Waals surface area (Å²) in [5, 5.41) is 6.57. The third-order valence-corrected chi connectivity index (χ3v) is 3.99. The maximum absolute atomic E-state index is 12.1. The molecule has 2 bridgehead atoms. The van der Waals surface area contributed by atoms with Gasteiger partial charge < -0.3 is 15.5 Å². The zero-order valence-corrected chi connectivity index (χ0v) is 12.1. The van der Waals surface area contributed by atoms with Gasteiger partial charge in [0, 0.05) is 18.1 Å². The highest BCUT2D eigenvalue weighted by Gasteiger charge is 2.35. The Morgan fingerprint density at radius 1 is 1.28 bits per heavy atom. The molecule has 2 aliphatic rings. The van der Waals surface area contributed by atoms with Crippen LogP contribution in [0.3, 0.4) is 0 Å². The van der Waals surface area contributed by atoms with Gasteiger partial charge >= 0.3 is 0 Å². The summed E-state index contributed by atoms with van der Waals surface area (Å²) in [6.07, 6.45) is 2.46. The van der Waals surface area contributed by atoms with Crippen molar-refractivity contribution >= 4 is 5.91 Å². The van der Waals surface area contributed by atoms with E-state index in [2.05, 4.69) is 15.5 Å². The van der Waals surface area contributed by atoms with Gasteiger partial charge in [0.1, 0.15) is 0 Å². The second kappa shape index (κ2) is 5.17. The Labute approximate surface area is 110 Å². The van der Waals surface area contributed by atoms with Crippen LogP contribution in [0.1, 0.15) is 40.5 Å². The first kappa shape index (κ1) is 13.8. The minimum atomic E-state index is -0.149. The second-order valence-electron chi connectivity index (χ2n) is 6.87. The molecular weight excluding hydrogens is 226 g/mol. The highest BCUT2D eigenvalue weighted by molar-refractivity contribution is 5.81. The number of hydrogen-bond donors (Lipinski definition) is 2. The van der Waals surface area contributed by atoms with Crippen LogP contribution in [0.5, 0.6) is 0 Å². The maximum Gasteiger partial charge on any atom is 0.237 e. The largest absolute Gasteiger partial charge is 0.350 e. The molecular formula is C14H27N3O. The molecule has 104 valence electrons. The average Bonchev–Trinajstić information content (AvgIpc) is 2.63. The Bertz CT molecular complexity index is 311. The fourth-order valence-electron chi connectivity index (χ4n) is 3.05. The van der Waals surface area contributed by atoms with Crippen LogP contribution in [0, 0.1) is 5.92 Å².